The Morgan fingerprint density at radius 1 is 1.21 bits per heavy atom. The van der Waals surface area contributed by atoms with Gasteiger partial charge in [-0.15, -0.1) is 0 Å². The topological polar surface area (TPSA) is 76.7 Å². The maximum absolute atomic E-state index is 13.4. The molecule has 1 aromatic carbocycles. The van der Waals surface area contributed by atoms with Gasteiger partial charge in [0.1, 0.15) is 11.5 Å². The summed E-state index contributed by atoms with van der Waals surface area (Å²) in [4.78, 5) is 23.9. The zero-order valence-corrected chi connectivity index (χ0v) is 15.6. The van der Waals surface area contributed by atoms with Crippen LogP contribution in [0, 0.1) is 5.92 Å². The van der Waals surface area contributed by atoms with E-state index in [1.54, 1.807) is 6.07 Å². The number of amides is 2. The van der Waals surface area contributed by atoms with Gasteiger partial charge in [-0.1, -0.05) is 0 Å². The molecule has 2 amide bonds. The Labute approximate surface area is 162 Å². The van der Waals surface area contributed by atoms with E-state index in [4.69, 9.17) is 9.47 Å². The van der Waals surface area contributed by atoms with Gasteiger partial charge in [0, 0.05) is 43.9 Å². The summed E-state index contributed by atoms with van der Waals surface area (Å²) in [6.07, 6.45) is 1.59. The van der Waals surface area contributed by atoms with Crippen molar-refractivity contribution in [2.24, 2.45) is 5.92 Å². The number of halogens is 2. The molecule has 2 fully saturated rings. The molecule has 0 aromatic heterocycles. The number of hydrogen-bond donors (Lipinski definition) is 2. The number of anilines is 1. The largest absolute Gasteiger partial charge is 0.491 e. The maximum atomic E-state index is 13.4. The molecule has 3 aliphatic rings. The van der Waals surface area contributed by atoms with Crippen molar-refractivity contribution in [1.29, 1.82) is 0 Å². The Hall–Kier alpha value is -2.38. The molecule has 0 bridgehead atoms. The number of hydrogen-bond acceptors (Lipinski definition) is 4. The number of nitrogens with one attached hydrogen (secondary N) is 2. The average molecular weight is 394 g/mol. The number of piperidine rings is 1. The van der Waals surface area contributed by atoms with Crippen LogP contribution >= 0.6 is 0 Å². The van der Waals surface area contributed by atoms with Crippen LogP contribution in [-0.2, 0) is 16.0 Å². The van der Waals surface area contributed by atoms with Crippen LogP contribution in [0.4, 0.5) is 14.5 Å². The van der Waals surface area contributed by atoms with Gasteiger partial charge in [0.15, 0.2) is 0 Å². The summed E-state index contributed by atoms with van der Waals surface area (Å²) in [6.45, 7) is 0.844. The van der Waals surface area contributed by atoms with Crippen molar-refractivity contribution in [3.8, 4) is 11.5 Å². The van der Waals surface area contributed by atoms with Gasteiger partial charge in [-0.3, -0.25) is 9.59 Å². The first-order valence-electron chi connectivity index (χ1n) is 9.81. The van der Waals surface area contributed by atoms with Crippen LogP contribution in [0.1, 0.15) is 44.1 Å². The van der Waals surface area contributed by atoms with Crippen molar-refractivity contribution in [1.82, 2.24) is 5.32 Å². The second kappa shape index (κ2) is 7.56. The van der Waals surface area contributed by atoms with Gasteiger partial charge in [-0.2, -0.15) is 0 Å². The van der Waals surface area contributed by atoms with Crippen molar-refractivity contribution >= 4 is 17.5 Å². The molecule has 4 rings (SSSR count). The molecule has 1 saturated heterocycles. The number of benzene rings is 1. The van der Waals surface area contributed by atoms with E-state index in [0.29, 0.717) is 62.4 Å². The van der Waals surface area contributed by atoms with Crippen molar-refractivity contribution in [2.45, 2.75) is 57.0 Å². The quantitative estimate of drug-likeness (QED) is 0.823. The Balaban J connectivity index is 1.46. The maximum Gasteiger partial charge on any atom is 0.248 e. The molecule has 1 aliphatic carbocycles. The lowest BCUT2D eigenvalue weighted by atomic mass is 9.94. The number of rotatable bonds is 4. The predicted molar refractivity (Wildman–Crippen MR) is 97.8 cm³/mol. The van der Waals surface area contributed by atoms with Crippen LogP contribution in [0.2, 0.25) is 0 Å². The summed E-state index contributed by atoms with van der Waals surface area (Å²) in [7, 11) is 0. The zero-order valence-electron chi connectivity index (χ0n) is 15.6. The Morgan fingerprint density at radius 3 is 2.71 bits per heavy atom. The van der Waals surface area contributed by atoms with Crippen molar-refractivity contribution in [2.75, 3.05) is 18.5 Å². The third kappa shape index (κ3) is 4.20. The molecule has 1 saturated carbocycles. The van der Waals surface area contributed by atoms with Gasteiger partial charge in [-0.05, 0) is 25.3 Å². The predicted octanol–water partition coefficient (Wildman–Crippen LogP) is 3.04. The van der Waals surface area contributed by atoms with Crippen molar-refractivity contribution < 1.29 is 27.8 Å². The number of ether oxygens (including phenoxy) is 2. The van der Waals surface area contributed by atoms with Crippen LogP contribution < -0.4 is 20.1 Å². The Morgan fingerprint density at radius 2 is 2.00 bits per heavy atom. The summed E-state index contributed by atoms with van der Waals surface area (Å²) < 4.78 is 38.3. The molecule has 152 valence electrons. The van der Waals surface area contributed by atoms with E-state index >= 15 is 0 Å². The summed E-state index contributed by atoms with van der Waals surface area (Å²) in [5.74, 6) is -1.91. The minimum Gasteiger partial charge on any atom is -0.491 e. The molecule has 0 spiro atoms. The van der Waals surface area contributed by atoms with E-state index in [1.807, 2.05) is 6.07 Å². The highest BCUT2D eigenvalue weighted by molar-refractivity contribution is 5.96. The highest BCUT2D eigenvalue weighted by Gasteiger charge is 2.36. The van der Waals surface area contributed by atoms with E-state index in [0.717, 1.165) is 5.56 Å². The van der Waals surface area contributed by atoms with Gasteiger partial charge >= 0.3 is 0 Å². The van der Waals surface area contributed by atoms with Crippen LogP contribution in [0.3, 0.4) is 0 Å². The highest BCUT2D eigenvalue weighted by atomic mass is 19.3. The van der Waals surface area contributed by atoms with Crippen LogP contribution in [-0.4, -0.2) is 37.0 Å². The first-order chi connectivity index (χ1) is 13.4. The number of fused-ring (bicyclic) bond motifs is 1. The summed E-state index contributed by atoms with van der Waals surface area (Å²) in [5.41, 5.74) is 1.47. The molecule has 6 nitrogen and oxygen atoms in total. The molecule has 1 atom stereocenters. The van der Waals surface area contributed by atoms with E-state index in [-0.39, 0.29) is 36.7 Å². The molecular weight excluding hydrogens is 370 g/mol. The van der Waals surface area contributed by atoms with E-state index < -0.39 is 5.92 Å². The monoisotopic (exact) mass is 394 g/mol. The molecule has 2 aliphatic heterocycles. The summed E-state index contributed by atoms with van der Waals surface area (Å²) >= 11 is 0. The zero-order chi connectivity index (χ0) is 19.7. The third-order valence-corrected chi connectivity index (χ3v) is 5.62. The minimum absolute atomic E-state index is 0.0401. The fraction of sp³-hybridized carbons (Fsp3) is 0.600. The number of alkyl halides is 2. The molecule has 0 radical (unpaired) electrons. The van der Waals surface area contributed by atoms with Gasteiger partial charge in [-0.25, -0.2) is 8.78 Å². The fourth-order valence-corrected chi connectivity index (χ4v) is 3.96. The highest BCUT2D eigenvalue weighted by Crippen LogP contribution is 2.40. The first kappa shape index (κ1) is 19.0. The molecule has 2 heterocycles. The summed E-state index contributed by atoms with van der Waals surface area (Å²) in [6, 6.07) is 3.57. The lowest BCUT2D eigenvalue weighted by Crippen LogP contribution is -2.40. The lowest BCUT2D eigenvalue weighted by Gasteiger charge is -2.29. The first-order valence-corrected chi connectivity index (χ1v) is 9.81. The fourth-order valence-electron chi connectivity index (χ4n) is 3.96. The van der Waals surface area contributed by atoms with E-state index in [1.165, 1.54) is 0 Å². The molecule has 28 heavy (non-hydrogen) atoms. The third-order valence-electron chi connectivity index (χ3n) is 5.62. The Kier molecular flexibility index (Phi) is 5.12. The normalized spacial score (nSPS) is 24.1. The van der Waals surface area contributed by atoms with Crippen LogP contribution in [0.5, 0.6) is 11.5 Å². The van der Waals surface area contributed by atoms with Gasteiger partial charge in [0.25, 0.3) is 0 Å². The number of carbonyl (C=O) groups is 2. The van der Waals surface area contributed by atoms with E-state index in [2.05, 4.69) is 10.6 Å². The van der Waals surface area contributed by atoms with Crippen molar-refractivity contribution in [3.05, 3.63) is 17.7 Å². The van der Waals surface area contributed by atoms with E-state index in [9.17, 15) is 18.4 Å². The molecule has 1 unspecified atom stereocenters. The second-order valence-corrected chi connectivity index (χ2v) is 7.76. The standard InChI is InChI=1S/C20H24F2N2O4/c21-20(22)6-3-14(4-7-20)28-15-9-12-5-8-27-18(12)16(10-15)24-19(26)13-1-2-17(25)23-11-13/h9-10,13-14H,1-8,11H2,(H,23,25)(H,24,26). The lowest BCUT2D eigenvalue weighted by molar-refractivity contribution is -0.126. The molecule has 1 aromatic rings. The minimum atomic E-state index is -2.60. The smallest absolute Gasteiger partial charge is 0.248 e. The molecule has 8 heteroatoms. The molecule has 2 N–H and O–H groups in total. The SMILES string of the molecule is O=C1CCC(C(=O)Nc2cc(OC3CCC(F)(F)CC3)cc3c2OCC3)CN1. The van der Waals surface area contributed by atoms with Gasteiger partial charge in [0.05, 0.1) is 24.3 Å². The average Bonchev–Trinajstić information content (AvgIpc) is 3.13. The van der Waals surface area contributed by atoms with Gasteiger partial charge in [0.2, 0.25) is 17.7 Å². The van der Waals surface area contributed by atoms with Crippen LogP contribution in [0.15, 0.2) is 12.1 Å². The molecular formula is C20H24F2N2O4. The summed E-state index contributed by atoms with van der Waals surface area (Å²) in [5, 5.41) is 5.61. The van der Waals surface area contributed by atoms with Crippen molar-refractivity contribution in [3.63, 3.8) is 0 Å². The number of carbonyl (C=O) groups excluding carboxylic acids is 2. The second-order valence-electron chi connectivity index (χ2n) is 7.76. The van der Waals surface area contributed by atoms with Crippen LogP contribution in [0.25, 0.3) is 0 Å². The van der Waals surface area contributed by atoms with Gasteiger partial charge < -0.3 is 20.1 Å². The Bertz CT molecular complexity index is 764.